The van der Waals surface area contributed by atoms with Gasteiger partial charge in [0.1, 0.15) is 12.4 Å². The molecule has 0 aliphatic heterocycles. The van der Waals surface area contributed by atoms with E-state index >= 15 is 0 Å². The Morgan fingerprint density at radius 2 is 2.10 bits per heavy atom. The van der Waals surface area contributed by atoms with Crippen LogP contribution in [0.5, 0.6) is 5.75 Å². The quantitative estimate of drug-likeness (QED) is 0.665. The van der Waals surface area contributed by atoms with E-state index in [1.54, 1.807) is 14.0 Å². The van der Waals surface area contributed by atoms with Crippen LogP contribution < -0.4 is 10.1 Å². The van der Waals surface area contributed by atoms with Gasteiger partial charge in [-0.25, -0.2) is 0 Å². The van der Waals surface area contributed by atoms with Gasteiger partial charge in [0.15, 0.2) is 0 Å². The lowest BCUT2D eigenvalue weighted by Gasteiger charge is -2.27. The average Bonchev–Trinajstić information content (AvgIpc) is 2.42. The van der Waals surface area contributed by atoms with Crippen LogP contribution in [-0.2, 0) is 11.3 Å². The van der Waals surface area contributed by atoms with Crippen molar-refractivity contribution in [3.63, 3.8) is 0 Å². The molecule has 0 aliphatic carbocycles. The third-order valence-corrected chi connectivity index (χ3v) is 4.19. The minimum atomic E-state index is -0.834. The second-order valence-corrected chi connectivity index (χ2v) is 6.59. The van der Waals surface area contributed by atoms with Crippen LogP contribution in [0.25, 0.3) is 0 Å². The van der Waals surface area contributed by atoms with Gasteiger partial charge in [0.25, 0.3) is 0 Å². The molecular weight excluding hydrogens is 334 g/mol. The van der Waals surface area contributed by atoms with Crippen LogP contribution in [0.1, 0.15) is 26.3 Å². The fourth-order valence-electron chi connectivity index (χ4n) is 1.57. The standard InChI is InChI=1S/C16H26BrNO3/c1-12(2)16(3,19)11-21-15-6-5-13(9-14(15)17)10-18-7-8-20-4/h5-6,9,12,18-19H,7-8,10-11H2,1-4H3. The van der Waals surface area contributed by atoms with Gasteiger partial charge in [-0.3, -0.25) is 0 Å². The summed E-state index contributed by atoms with van der Waals surface area (Å²) in [5.74, 6) is 0.886. The lowest BCUT2D eigenvalue weighted by molar-refractivity contribution is -0.0268. The van der Waals surface area contributed by atoms with E-state index in [0.717, 1.165) is 23.3 Å². The van der Waals surface area contributed by atoms with Crippen LogP contribution in [-0.4, -0.2) is 37.6 Å². The number of rotatable bonds is 9. The minimum absolute atomic E-state index is 0.139. The Bertz CT molecular complexity index is 436. The van der Waals surface area contributed by atoms with E-state index in [0.29, 0.717) is 6.61 Å². The van der Waals surface area contributed by atoms with Crippen molar-refractivity contribution < 1.29 is 14.6 Å². The molecule has 1 unspecified atom stereocenters. The van der Waals surface area contributed by atoms with Gasteiger partial charge in [-0.05, 0) is 46.5 Å². The number of ether oxygens (including phenoxy) is 2. The highest BCUT2D eigenvalue weighted by Gasteiger charge is 2.26. The Labute approximate surface area is 136 Å². The van der Waals surface area contributed by atoms with Crippen molar-refractivity contribution in [1.29, 1.82) is 0 Å². The lowest BCUT2D eigenvalue weighted by atomic mass is 9.94. The van der Waals surface area contributed by atoms with E-state index in [4.69, 9.17) is 9.47 Å². The first kappa shape index (κ1) is 18.4. The van der Waals surface area contributed by atoms with E-state index in [9.17, 15) is 5.11 Å². The van der Waals surface area contributed by atoms with Crippen molar-refractivity contribution in [3.05, 3.63) is 28.2 Å². The van der Waals surface area contributed by atoms with Crippen LogP contribution in [0.2, 0.25) is 0 Å². The zero-order valence-electron chi connectivity index (χ0n) is 13.3. The number of halogens is 1. The minimum Gasteiger partial charge on any atom is -0.489 e. The van der Waals surface area contributed by atoms with Gasteiger partial charge in [-0.2, -0.15) is 0 Å². The molecule has 2 N–H and O–H groups in total. The molecule has 1 atom stereocenters. The summed E-state index contributed by atoms with van der Waals surface area (Å²) in [6.45, 7) is 8.33. The van der Waals surface area contributed by atoms with Gasteiger partial charge in [0.05, 0.1) is 16.7 Å². The Morgan fingerprint density at radius 1 is 1.38 bits per heavy atom. The molecule has 1 aromatic rings. The molecule has 0 heterocycles. The molecule has 1 rings (SSSR count). The molecule has 0 spiro atoms. The van der Waals surface area contributed by atoms with Gasteiger partial charge < -0.3 is 19.9 Å². The predicted octanol–water partition coefficient (Wildman–Crippen LogP) is 2.97. The van der Waals surface area contributed by atoms with Gasteiger partial charge >= 0.3 is 0 Å². The maximum atomic E-state index is 10.2. The van der Waals surface area contributed by atoms with Gasteiger partial charge in [0.2, 0.25) is 0 Å². The van der Waals surface area contributed by atoms with E-state index in [-0.39, 0.29) is 12.5 Å². The molecule has 0 amide bonds. The van der Waals surface area contributed by atoms with Crippen LogP contribution in [0.4, 0.5) is 0 Å². The fraction of sp³-hybridized carbons (Fsp3) is 0.625. The Morgan fingerprint density at radius 3 is 2.67 bits per heavy atom. The molecule has 120 valence electrons. The number of hydrogen-bond donors (Lipinski definition) is 2. The Kier molecular flexibility index (Phi) is 7.66. The highest BCUT2D eigenvalue weighted by molar-refractivity contribution is 9.10. The van der Waals surface area contributed by atoms with Crippen molar-refractivity contribution in [2.45, 2.75) is 32.9 Å². The smallest absolute Gasteiger partial charge is 0.133 e. The molecule has 0 aliphatic rings. The van der Waals surface area contributed by atoms with E-state index in [2.05, 4.69) is 21.2 Å². The number of nitrogens with one attached hydrogen (secondary N) is 1. The number of aliphatic hydroxyl groups is 1. The third-order valence-electron chi connectivity index (χ3n) is 3.57. The zero-order valence-corrected chi connectivity index (χ0v) is 14.9. The first-order valence-corrected chi connectivity index (χ1v) is 7.99. The van der Waals surface area contributed by atoms with Crippen LogP contribution in [0, 0.1) is 5.92 Å². The third kappa shape index (κ3) is 6.34. The molecule has 1 aromatic carbocycles. The van der Waals surface area contributed by atoms with Gasteiger partial charge in [0, 0.05) is 20.2 Å². The van der Waals surface area contributed by atoms with Gasteiger partial charge in [-0.15, -0.1) is 0 Å². The topological polar surface area (TPSA) is 50.7 Å². The Balaban J connectivity index is 2.54. The van der Waals surface area contributed by atoms with Gasteiger partial charge in [-0.1, -0.05) is 19.9 Å². The summed E-state index contributed by atoms with van der Waals surface area (Å²) in [6, 6.07) is 5.97. The van der Waals surface area contributed by atoms with E-state index in [1.807, 2.05) is 32.0 Å². The highest BCUT2D eigenvalue weighted by Crippen LogP contribution is 2.27. The summed E-state index contributed by atoms with van der Waals surface area (Å²) in [5.41, 5.74) is 0.334. The number of hydrogen-bond acceptors (Lipinski definition) is 4. The van der Waals surface area contributed by atoms with Crippen LogP contribution >= 0.6 is 15.9 Å². The molecule has 0 saturated carbocycles. The summed E-state index contributed by atoms with van der Waals surface area (Å²) >= 11 is 3.52. The van der Waals surface area contributed by atoms with E-state index in [1.165, 1.54) is 5.56 Å². The van der Waals surface area contributed by atoms with Crippen LogP contribution in [0.3, 0.4) is 0 Å². The fourth-order valence-corrected chi connectivity index (χ4v) is 2.11. The first-order valence-electron chi connectivity index (χ1n) is 7.20. The molecule has 0 radical (unpaired) electrons. The summed E-state index contributed by atoms with van der Waals surface area (Å²) in [7, 11) is 1.69. The van der Waals surface area contributed by atoms with Crippen LogP contribution in [0.15, 0.2) is 22.7 Å². The molecule has 0 bridgehead atoms. The number of benzene rings is 1. The van der Waals surface area contributed by atoms with E-state index < -0.39 is 5.60 Å². The monoisotopic (exact) mass is 359 g/mol. The summed E-state index contributed by atoms with van der Waals surface area (Å²) in [4.78, 5) is 0. The molecule has 0 fully saturated rings. The number of methoxy groups -OCH3 is 1. The van der Waals surface area contributed by atoms with Crippen molar-refractivity contribution in [1.82, 2.24) is 5.32 Å². The lowest BCUT2D eigenvalue weighted by Crippen LogP contribution is -2.37. The summed E-state index contributed by atoms with van der Waals surface area (Å²) in [5, 5.41) is 13.5. The average molecular weight is 360 g/mol. The normalized spacial score (nSPS) is 14.2. The molecular formula is C16H26BrNO3. The maximum absolute atomic E-state index is 10.2. The second kappa shape index (κ2) is 8.73. The predicted molar refractivity (Wildman–Crippen MR) is 88.7 cm³/mol. The maximum Gasteiger partial charge on any atom is 0.133 e. The SMILES string of the molecule is COCCNCc1ccc(OCC(C)(O)C(C)C)c(Br)c1. The summed E-state index contributed by atoms with van der Waals surface area (Å²) in [6.07, 6.45) is 0. The summed E-state index contributed by atoms with van der Waals surface area (Å²) < 4.78 is 11.6. The van der Waals surface area contributed by atoms with Crippen molar-refractivity contribution >= 4 is 15.9 Å². The molecule has 4 nitrogen and oxygen atoms in total. The zero-order chi connectivity index (χ0) is 15.9. The van der Waals surface area contributed by atoms with Crippen molar-refractivity contribution in [3.8, 4) is 5.75 Å². The molecule has 21 heavy (non-hydrogen) atoms. The van der Waals surface area contributed by atoms with Crippen molar-refractivity contribution in [2.24, 2.45) is 5.92 Å². The molecule has 0 aromatic heterocycles. The largest absolute Gasteiger partial charge is 0.489 e. The Hall–Kier alpha value is -0.620. The highest BCUT2D eigenvalue weighted by atomic mass is 79.9. The molecule has 0 saturated heterocycles. The van der Waals surface area contributed by atoms with Crippen molar-refractivity contribution in [2.75, 3.05) is 26.9 Å². The molecule has 5 heteroatoms. The first-order chi connectivity index (χ1) is 9.86. The second-order valence-electron chi connectivity index (χ2n) is 5.73.